The van der Waals surface area contributed by atoms with E-state index in [-0.39, 0.29) is 5.91 Å². The highest BCUT2D eigenvalue weighted by Gasteiger charge is 2.17. The van der Waals surface area contributed by atoms with Gasteiger partial charge in [-0.05, 0) is 42.8 Å². The molecule has 0 unspecified atom stereocenters. The highest BCUT2D eigenvalue weighted by molar-refractivity contribution is 6.04. The largest absolute Gasteiger partial charge is 0.399 e. The average Bonchev–Trinajstić information content (AvgIpc) is 2.46. The minimum absolute atomic E-state index is 0.0905. The molecule has 1 aromatic heterocycles. The zero-order valence-corrected chi connectivity index (χ0v) is 10.9. The molecule has 0 atom stereocenters. The normalized spacial score (nSPS) is 10.2. The summed E-state index contributed by atoms with van der Waals surface area (Å²) in [4.78, 5) is 18.3. The van der Waals surface area contributed by atoms with Crippen LogP contribution in [0.25, 0.3) is 0 Å². The van der Waals surface area contributed by atoms with Crippen molar-refractivity contribution in [3.63, 3.8) is 0 Å². The van der Waals surface area contributed by atoms with E-state index in [1.54, 1.807) is 35.4 Å². The Morgan fingerprint density at radius 2 is 1.95 bits per heavy atom. The molecule has 0 radical (unpaired) electrons. The van der Waals surface area contributed by atoms with Crippen molar-refractivity contribution in [2.75, 3.05) is 17.2 Å². The zero-order chi connectivity index (χ0) is 13.7. The molecular weight excluding hydrogens is 238 g/mol. The van der Waals surface area contributed by atoms with E-state index >= 15 is 0 Å². The molecule has 19 heavy (non-hydrogen) atoms. The number of pyridine rings is 1. The summed E-state index contributed by atoms with van der Waals surface area (Å²) in [5, 5.41) is 0. The smallest absolute Gasteiger partial charge is 0.276 e. The first-order valence-corrected chi connectivity index (χ1v) is 6.31. The van der Waals surface area contributed by atoms with Crippen molar-refractivity contribution >= 4 is 17.3 Å². The number of nitrogens with two attached hydrogens (primary N) is 1. The van der Waals surface area contributed by atoms with Crippen molar-refractivity contribution in [3.8, 4) is 0 Å². The Hall–Kier alpha value is -2.36. The second kappa shape index (κ2) is 6.00. The van der Waals surface area contributed by atoms with Crippen LogP contribution in [0.3, 0.4) is 0 Å². The molecular formula is C15H17N3O. The summed E-state index contributed by atoms with van der Waals surface area (Å²) in [6.45, 7) is 2.69. The van der Waals surface area contributed by atoms with E-state index in [2.05, 4.69) is 4.98 Å². The maximum atomic E-state index is 12.5. The molecule has 0 aliphatic heterocycles. The number of anilines is 2. The van der Waals surface area contributed by atoms with Gasteiger partial charge in [0.1, 0.15) is 5.69 Å². The predicted molar refractivity (Wildman–Crippen MR) is 77.1 cm³/mol. The molecule has 1 aromatic carbocycles. The Morgan fingerprint density at radius 3 is 2.53 bits per heavy atom. The van der Waals surface area contributed by atoms with Crippen LogP contribution in [0.15, 0.2) is 48.7 Å². The van der Waals surface area contributed by atoms with Crippen LogP contribution in [-0.4, -0.2) is 17.4 Å². The van der Waals surface area contributed by atoms with E-state index in [4.69, 9.17) is 5.73 Å². The minimum Gasteiger partial charge on any atom is -0.399 e. The lowest BCUT2D eigenvalue weighted by Crippen LogP contribution is -2.32. The third-order valence-electron chi connectivity index (χ3n) is 2.78. The molecule has 0 aliphatic rings. The predicted octanol–water partition coefficient (Wildman–Crippen LogP) is 2.72. The van der Waals surface area contributed by atoms with Crippen molar-refractivity contribution in [2.45, 2.75) is 13.3 Å². The maximum Gasteiger partial charge on any atom is 0.276 e. The van der Waals surface area contributed by atoms with Gasteiger partial charge in [-0.1, -0.05) is 13.0 Å². The first-order chi connectivity index (χ1) is 9.22. The van der Waals surface area contributed by atoms with Crippen LogP contribution in [-0.2, 0) is 0 Å². The Bertz CT molecular complexity index is 537. The molecule has 0 fully saturated rings. The topological polar surface area (TPSA) is 59.2 Å². The van der Waals surface area contributed by atoms with Gasteiger partial charge < -0.3 is 10.6 Å². The summed E-state index contributed by atoms with van der Waals surface area (Å²) in [6.07, 6.45) is 2.50. The van der Waals surface area contributed by atoms with Crippen LogP contribution < -0.4 is 10.6 Å². The van der Waals surface area contributed by atoms with Crippen LogP contribution in [0.1, 0.15) is 23.8 Å². The maximum absolute atomic E-state index is 12.5. The standard InChI is InChI=1S/C15H17N3O/c1-2-11-18(13-8-6-12(16)7-9-13)15(19)14-5-3-4-10-17-14/h3-10H,2,11,16H2,1H3. The van der Waals surface area contributed by atoms with E-state index < -0.39 is 0 Å². The molecule has 0 spiro atoms. The van der Waals surface area contributed by atoms with E-state index in [1.165, 1.54) is 0 Å². The molecule has 1 amide bonds. The van der Waals surface area contributed by atoms with Gasteiger partial charge >= 0.3 is 0 Å². The lowest BCUT2D eigenvalue weighted by molar-refractivity contribution is 0.0982. The van der Waals surface area contributed by atoms with E-state index in [9.17, 15) is 4.79 Å². The number of nitrogen functional groups attached to an aromatic ring is 1. The Kier molecular flexibility index (Phi) is 4.13. The summed E-state index contributed by atoms with van der Waals surface area (Å²) in [7, 11) is 0. The molecule has 0 saturated carbocycles. The van der Waals surface area contributed by atoms with Crippen molar-refractivity contribution in [3.05, 3.63) is 54.4 Å². The fraction of sp³-hybridized carbons (Fsp3) is 0.200. The van der Waals surface area contributed by atoms with E-state index in [0.29, 0.717) is 17.9 Å². The third kappa shape index (κ3) is 3.10. The van der Waals surface area contributed by atoms with E-state index in [0.717, 1.165) is 12.1 Å². The first kappa shape index (κ1) is 13.1. The van der Waals surface area contributed by atoms with Gasteiger partial charge in [-0.3, -0.25) is 9.78 Å². The molecule has 1 heterocycles. The molecule has 2 N–H and O–H groups in total. The Morgan fingerprint density at radius 1 is 1.21 bits per heavy atom. The van der Waals surface area contributed by atoms with Crippen LogP contribution >= 0.6 is 0 Å². The second-order valence-electron chi connectivity index (χ2n) is 4.26. The van der Waals surface area contributed by atoms with Crippen LogP contribution in [0.4, 0.5) is 11.4 Å². The number of benzene rings is 1. The van der Waals surface area contributed by atoms with Gasteiger partial charge in [-0.15, -0.1) is 0 Å². The van der Waals surface area contributed by atoms with Crippen molar-refractivity contribution in [1.29, 1.82) is 0 Å². The fourth-order valence-electron chi connectivity index (χ4n) is 1.85. The molecule has 0 aliphatic carbocycles. The van der Waals surface area contributed by atoms with Crippen LogP contribution in [0.5, 0.6) is 0 Å². The van der Waals surface area contributed by atoms with Crippen molar-refractivity contribution in [1.82, 2.24) is 4.98 Å². The van der Waals surface area contributed by atoms with Crippen LogP contribution in [0, 0.1) is 0 Å². The molecule has 2 rings (SSSR count). The Balaban J connectivity index is 2.30. The summed E-state index contributed by atoms with van der Waals surface area (Å²) in [5.74, 6) is -0.0905. The number of hydrogen-bond acceptors (Lipinski definition) is 3. The van der Waals surface area contributed by atoms with Gasteiger partial charge in [0.05, 0.1) is 0 Å². The van der Waals surface area contributed by atoms with Gasteiger partial charge in [0, 0.05) is 24.1 Å². The SMILES string of the molecule is CCCN(C(=O)c1ccccn1)c1ccc(N)cc1. The number of carbonyl (C=O) groups is 1. The minimum atomic E-state index is -0.0905. The second-order valence-corrected chi connectivity index (χ2v) is 4.26. The zero-order valence-electron chi connectivity index (χ0n) is 10.9. The highest BCUT2D eigenvalue weighted by Crippen LogP contribution is 2.18. The summed E-state index contributed by atoms with van der Waals surface area (Å²) in [6, 6.07) is 12.6. The van der Waals surface area contributed by atoms with Crippen LogP contribution in [0.2, 0.25) is 0 Å². The molecule has 2 aromatic rings. The number of amides is 1. The summed E-state index contributed by atoms with van der Waals surface area (Å²) in [5.41, 5.74) is 7.65. The number of aromatic nitrogens is 1. The highest BCUT2D eigenvalue weighted by atomic mass is 16.2. The monoisotopic (exact) mass is 255 g/mol. The number of carbonyl (C=O) groups excluding carboxylic acids is 1. The summed E-state index contributed by atoms with van der Waals surface area (Å²) >= 11 is 0. The van der Waals surface area contributed by atoms with Crippen molar-refractivity contribution in [2.24, 2.45) is 0 Å². The lowest BCUT2D eigenvalue weighted by Gasteiger charge is -2.22. The van der Waals surface area contributed by atoms with Gasteiger partial charge in [0.2, 0.25) is 0 Å². The van der Waals surface area contributed by atoms with Crippen molar-refractivity contribution < 1.29 is 4.79 Å². The summed E-state index contributed by atoms with van der Waals surface area (Å²) < 4.78 is 0. The van der Waals surface area contributed by atoms with Gasteiger partial charge in [0.25, 0.3) is 5.91 Å². The van der Waals surface area contributed by atoms with E-state index in [1.807, 2.05) is 25.1 Å². The number of rotatable bonds is 4. The third-order valence-corrected chi connectivity index (χ3v) is 2.78. The Labute approximate surface area is 112 Å². The quantitative estimate of drug-likeness (QED) is 0.854. The molecule has 0 saturated heterocycles. The molecule has 0 bridgehead atoms. The molecule has 98 valence electrons. The van der Waals surface area contributed by atoms with Gasteiger partial charge in [-0.25, -0.2) is 0 Å². The number of hydrogen-bond donors (Lipinski definition) is 1. The molecule has 4 heteroatoms. The first-order valence-electron chi connectivity index (χ1n) is 6.31. The lowest BCUT2D eigenvalue weighted by atomic mass is 10.2. The molecule has 4 nitrogen and oxygen atoms in total. The fourth-order valence-corrected chi connectivity index (χ4v) is 1.85. The van der Waals surface area contributed by atoms with Gasteiger partial charge in [-0.2, -0.15) is 0 Å². The van der Waals surface area contributed by atoms with Gasteiger partial charge in [0.15, 0.2) is 0 Å². The average molecular weight is 255 g/mol. The number of nitrogens with zero attached hydrogens (tertiary/aromatic N) is 2.